The van der Waals surface area contributed by atoms with E-state index in [-0.39, 0.29) is 5.57 Å². The highest BCUT2D eigenvalue weighted by Crippen LogP contribution is 2.26. The van der Waals surface area contributed by atoms with Crippen LogP contribution in [0, 0.1) is 11.3 Å². The molecular formula is C10H5Cl2NO. The average molecular weight is 226 g/mol. The van der Waals surface area contributed by atoms with Crippen LogP contribution >= 0.6 is 23.2 Å². The number of carbonyl (C=O) groups is 1. The van der Waals surface area contributed by atoms with Crippen LogP contribution in [0.25, 0.3) is 5.57 Å². The molecule has 0 fully saturated rings. The number of aldehydes is 1. The molecule has 0 bridgehead atoms. The summed E-state index contributed by atoms with van der Waals surface area (Å²) in [7, 11) is 0. The van der Waals surface area contributed by atoms with Crippen LogP contribution in [0.5, 0.6) is 0 Å². The molecule has 0 aromatic heterocycles. The highest BCUT2D eigenvalue weighted by atomic mass is 35.5. The molecule has 0 aliphatic heterocycles. The van der Waals surface area contributed by atoms with Gasteiger partial charge < -0.3 is 0 Å². The van der Waals surface area contributed by atoms with Crippen LogP contribution in [0.4, 0.5) is 0 Å². The van der Waals surface area contributed by atoms with Gasteiger partial charge in [0, 0.05) is 10.6 Å². The van der Waals surface area contributed by atoms with Gasteiger partial charge in [-0.2, -0.15) is 5.26 Å². The van der Waals surface area contributed by atoms with Crippen molar-refractivity contribution in [3.8, 4) is 6.07 Å². The SMILES string of the molecule is N#CC(=CC=O)c1ccc(Cl)cc1Cl. The van der Waals surface area contributed by atoms with Crippen LogP contribution in [0.3, 0.4) is 0 Å². The van der Waals surface area contributed by atoms with Gasteiger partial charge in [0.1, 0.15) is 6.29 Å². The van der Waals surface area contributed by atoms with E-state index in [0.29, 0.717) is 21.9 Å². The van der Waals surface area contributed by atoms with Crippen molar-refractivity contribution in [1.82, 2.24) is 0 Å². The molecule has 0 unspecified atom stereocenters. The molecule has 70 valence electrons. The van der Waals surface area contributed by atoms with Gasteiger partial charge in [-0.05, 0) is 18.2 Å². The number of rotatable bonds is 2. The maximum atomic E-state index is 10.2. The molecule has 1 rings (SSSR count). The second-order valence-corrected chi connectivity index (χ2v) is 3.30. The molecule has 4 heteroatoms. The first-order valence-electron chi connectivity index (χ1n) is 3.70. The number of halogens is 2. The van der Waals surface area contributed by atoms with E-state index in [1.165, 1.54) is 6.07 Å². The zero-order valence-corrected chi connectivity index (χ0v) is 8.51. The molecule has 14 heavy (non-hydrogen) atoms. The Balaban J connectivity index is 3.26. The van der Waals surface area contributed by atoms with E-state index in [2.05, 4.69) is 0 Å². The molecule has 0 saturated heterocycles. The second-order valence-electron chi connectivity index (χ2n) is 2.45. The highest BCUT2D eigenvalue weighted by molar-refractivity contribution is 6.35. The third kappa shape index (κ3) is 2.35. The van der Waals surface area contributed by atoms with Gasteiger partial charge in [-0.1, -0.05) is 29.3 Å². The molecule has 0 heterocycles. The lowest BCUT2D eigenvalue weighted by atomic mass is 10.1. The third-order valence-electron chi connectivity index (χ3n) is 1.58. The van der Waals surface area contributed by atoms with Crippen molar-refractivity contribution in [3.63, 3.8) is 0 Å². The molecule has 1 aromatic rings. The first-order chi connectivity index (χ1) is 6.69. The van der Waals surface area contributed by atoms with Crippen LogP contribution in [0.1, 0.15) is 5.56 Å². The van der Waals surface area contributed by atoms with Crippen LogP contribution in [-0.4, -0.2) is 6.29 Å². The Bertz CT molecular complexity index is 432. The van der Waals surface area contributed by atoms with Crippen molar-refractivity contribution in [1.29, 1.82) is 5.26 Å². The second kappa shape index (κ2) is 4.80. The summed E-state index contributed by atoms with van der Waals surface area (Å²) < 4.78 is 0. The van der Waals surface area contributed by atoms with E-state index in [9.17, 15) is 4.79 Å². The number of hydrogen-bond acceptors (Lipinski definition) is 2. The fourth-order valence-corrected chi connectivity index (χ4v) is 1.47. The summed E-state index contributed by atoms with van der Waals surface area (Å²) in [4.78, 5) is 10.2. The molecule has 0 spiro atoms. The first kappa shape index (κ1) is 10.8. The van der Waals surface area contributed by atoms with Crippen molar-refractivity contribution in [3.05, 3.63) is 39.9 Å². The molecule has 0 atom stereocenters. The van der Waals surface area contributed by atoms with Gasteiger partial charge in [-0.25, -0.2) is 0 Å². The molecule has 0 radical (unpaired) electrons. The fraction of sp³-hybridized carbons (Fsp3) is 0. The Morgan fingerprint density at radius 2 is 2.14 bits per heavy atom. The summed E-state index contributed by atoms with van der Waals surface area (Å²) in [5, 5.41) is 9.58. The Morgan fingerprint density at radius 3 is 2.64 bits per heavy atom. The van der Waals surface area contributed by atoms with Crippen molar-refractivity contribution >= 4 is 35.1 Å². The smallest absolute Gasteiger partial charge is 0.144 e. The molecule has 0 amide bonds. The normalized spacial score (nSPS) is 10.8. The standard InChI is InChI=1S/C10H5Cl2NO/c11-8-1-2-9(10(12)5-8)7(6-13)3-4-14/h1-5H. The van der Waals surface area contributed by atoms with Crippen molar-refractivity contribution in [2.24, 2.45) is 0 Å². The maximum Gasteiger partial charge on any atom is 0.144 e. The van der Waals surface area contributed by atoms with Crippen LogP contribution in [0.15, 0.2) is 24.3 Å². The van der Waals surface area contributed by atoms with E-state index in [4.69, 9.17) is 28.5 Å². The lowest BCUT2D eigenvalue weighted by Crippen LogP contribution is -1.84. The average Bonchev–Trinajstić information content (AvgIpc) is 2.15. The number of allylic oxidation sites excluding steroid dienone is 2. The van der Waals surface area contributed by atoms with E-state index >= 15 is 0 Å². The quantitative estimate of drug-likeness (QED) is 0.441. The Labute approximate surface area is 91.4 Å². The van der Waals surface area contributed by atoms with Gasteiger partial charge in [-0.15, -0.1) is 0 Å². The van der Waals surface area contributed by atoms with E-state index in [1.54, 1.807) is 12.1 Å². The van der Waals surface area contributed by atoms with Gasteiger partial charge in [-0.3, -0.25) is 4.79 Å². The summed E-state index contributed by atoms with van der Waals surface area (Å²) in [5.74, 6) is 0. The van der Waals surface area contributed by atoms with Crippen LogP contribution in [0.2, 0.25) is 10.0 Å². The minimum absolute atomic E-state index is 0.224. The van der Waals surface area contributed by atoms with Gasteiger partial charge in [0.2, 0.25) is 0 Å². The molecule has 2 nitrogen and oxygen atoms in total. The van der Waals surface area contributed by atoms with E-state index in [1.807, 2.05) is 6.07 Å². The van der Waals surface area contributed by atoms with E-state index in [0.717, 1.165) is 6.08 Å². The summed E-state index contributed by atoms with van der Waals surface area (Å²) in [6.07, 6.45) is 1.71. The Morgan fingerprint density at radius 1 is 1.43 bits per heavy atom. The van der Waals surface area contributed by atoms with Gasteiger partial charge in [0.05, 0.1) is 16.7 Å². The maximum absolute atomic E-state index is 10.2. The Kier molecular flexibility index (Phi) is 3.70. The molecule has 0 saturated carbocycles. The number of nitriles is 1. The predicted molar refractivity (Wildman–Crippen MR) is 56.1 cm³/mol. The van der Waals surface area contributed by atoms with Gasteiger partial charge >= 0.3 is 0 Å². The fourth-order valence-electron chi connectivity index (χ4n) is 0.963. The van der Waals surface area contributed by atoms with Crippen LogP contribution in [-0.2, 0) is 4.79 Å². The summed E-state index contributed by atoms with van der Waals surface area (Å²) in [6.45, 7) is 0. The monoisotopic (exact) mass is 225 g/mol. The zero-order chi connectivity index (χ0) is 10.6. The highest BCUT2D eigenvalue weighted by Gasteiger charge is 2.05. The summed E-state index contributed by atoms with van der Waals surface area (Å²) >= 11 is 11.5. The lowest BCUT2D eigenvalue weighted by molar-refractivity contribution is -0.104. The third-order valence-corrected chi connectivity index (χ3v) is 2.12. The molecule has 0 aliphatic rings. The first-order valence-corrected chi connectivity index (χ1v) is 4.45. The topological polar surface area (TPSA) is 40.9 Å². The molecule has 0 N–H and O–H groups in total. The number of nitrogens with zero attached hydrogens (tertiary/aromatic N) is 1. The molecule has 1 aromatic carbocycles. The largest absolute Gasteiger partial charge is 0.299 e. The van der Waals surface area contributed by atoms with Crippen molar-refractivity contribution in [2.45, 2.75) is 0 Å². The number of benzene rings is 1. The van der Waals surface area contributed by atoms with Crippen molar-refractivity contribution in [2.75, 3.05) is 0 Å². The van der Waals surface area contributed by atoms with Gasteiger partial charge in [0.15, 0.2) is 0 Å². The minimum atomic E-state index is 0.224. The van der Waals surface area contributed by atoms with Crippen molar-refractivity contribution < 1.29 is 4.79 Å². The van der Waals surface area contributed by atoms with Gasteiger partial charge in [0.25, 0.3) is 0 Å². The van der Waals surface area contributed by atoms with E-state index < -0.39 is 0 Å². The number of carbonyl (C=O) groups excluding carboxylic acids is 1. The number of hydrogen-bond donors (Lipinski definition) is 0. The summed E-state index contributed by atoms with van der Waals surface area (Å²) in [6, 6.07) is 6.61. The minimum Gasteiger partial charge on any atom is -0.299 e. The van der Waals surface area contributed by atoms with Crippen LogP contribution < -0.4 is 0 Å². The zero-order valence-electron chi connectivity index (χ0n) is 7.00. The predicted octanol–water partition coefficient (Wildman–Crippen LogP) is 3.10. The Hall–Kier alpha value is -1.30. The summed E-state index contributed by atoms with van der Waals surface area (Å²) in [5.41, 5.74) is 0.729. The lowest BCUT2D eigenvalue weighted by Gasteiger charge is -2.01. The molecule has 0 aliphatic carbocycles. The molecular weight excluding hydrogens is 221 g/mol.